The summed E-state index contributed by atoms with van der Waals surface area (Å²) in [5.74, 6) is -13.7. The number of carbonyl (C=O) groups excluding carboxylic acids is 16. The van der Waals surface area contributed by atoms with Crippen LogP contribution in [0.15, 0.2) is 85.8 Å². The number of aliphatic hydroxyl groups is 2. The standard InChI is InChI=1S/C93H140N28O20/c1-2-3-28-66(83(130)112-69-35-37-79(126)100-38-23-22-30-65(82(95)129)108-87(134)71(45-59-49-103-64-29-21-20-27-63(59)64)113-84(131)67(31-24-39-102-93(96)97)110-86(133)70(44-58-25-16-15-17-26-58)116-91(138)75-48-62(123)53-121(75)92(69)139)109-88(135)72(46-60-50-98-56-105-60)115-89(136)73(47-61-51-99-57-106-61)114-85(132)68(34-36-76(94)124)111-90(137)74(54-122)107-80(127)52-104-81(128)55-141-43-42-140-41-40-101-78(125)33-19-14-12-10-8-6-4-5-7-9-11-13-18-32-77-117-119-120-118-77/h15-17,20-21,25-27,29,49-51,56-57,62,65-75,103,122-123H,2-14,18-19,22-24,28,30-48,52-55H2,1H3,(H2,94,124)(H2,95,129)(H,98,105)(H,99,106)(H,100,126)(H,101,125)(H,104,128)(H,107,127)(H,108,134)(H,109,135)(H,110,133)(H,111,137)(H,112,130)(H,113,131)(H,114,132)(H,115,136)(H,116,138)(H4,96,97,102)(H,117,118,119,120)/t62-,65+,66+,67+,68+,69+,70-,71+,72+,73+,74+,75+/m1/s1. The highest BCUT2D eigenvalue weighted by Crippen LogP contribution is 2.25. The molecule has 0 aliphatic carbocycles. The summed E-state index contributed by atoms with van der Waals surface area (Å²) >= 11 is 0. The number of ether oxygens (including phenoxy) is 2. The molecule has 0 bridgehead atoms. The lowest BCUT2D eigenvalue weighted by Gasteiger charge is -2.31. The monoisotopic (exact) mass is 1970 g/mol. The number of para-hydroxylation sites is 1. The average molecular weight is 1970 g/mol. The van der Waals surface area contributed by atoms with Crippen molar-refractivity contribution in [2.24, 2.45) is 17.2 Å². The molecule has 2 aromatic carbocycles. The Kier molecular flexibility index (Phi) is 49.6. The lowest BCUT2D eigenvalue weighted by Crippen LogP contribution is -2.61. The number of nitrogens with zero attached hydrogens (tertiary/aromatic N) is 6. The van der Waals surface area contributed by atoms with Gasteiger partial charge in [0.05, 0.1) is 63.1 Å². The summed E-state index contributed by atoms with van der Waals surface area (Å²) in [4.78, 5) is 245. The van der Waals surface area contributed by atoms with Gasteiger partial charge in [0.25, 0.3) is 0 Å². The molecule has 0 unspecified atom stereocenters. The molecule has 2 aliphatic heterocycles. The third-order valence-electron chi connectivity index (χ3n) is 24.0. The summed E-state index contributed by atoms with van der Waals surface area (Å²) in [5, 5.41) is 80.9. The van der Waals surface area contributed by atoms with Crippen molar-refractivity contribution in [3.8, 4) is 0 Å². The number of benzene rings is 2. The SMILES string of the molecule is CCCC[C@H](NC(=O)[C@H](Cc1c[nH]cn1)NC(=O)[C@H](Cc1c[nH]cn1)NC(=O)[C@H](CCC(N)=O)NC(=O)[C@H](CO)NC(=O)CNC(=O)COCCOCCNC(=O)CCCCCCCCCCCCCCCc1nnn[nH]1)C(=O)N[C@H]1CCC(=O)NCCCC[C@@H](C(N)=O)NC(=O)[C@H](Cc2c[nH]c3ccccc23)NC(=O)[C@H](CCCNC(=N)N)NC(=O)[C@@H](Cc2ccccc2)NC(=O)[C@@H]2C[C@@H](O)CN2C1=O. The van der Waals surface area contributed by atoms with Crippen LogP contribution in [0.3, 0.4) is 0 Å². The predicted molar refractivity (Wildman–Crippen MR) is 512 cm³/mol. The Balaban J connectivity index is 0.888. The van der Waals surface area contributed by atoms with Crippen LogP contribution in [0, 0.1) is 5.41 Å². The Hall–Kier alpha value is -13.9. The number of primary amides is 2. The molecular weight excluding hydrogens is 1830 g/mol. The van der Waals surface area contributed by atoms with Crippen LogP contribution in [0.4, 0.5) is 0 Å². The minimum Gasteiger partial charge on any atom is -0.394 e. The Bertz CT molecular complexity index is 4950. The fourth-order valence-electron chi connectivity index (χ4n) is 16.2. The van der Waals surface area contributed by atoms with Gasteiger partial charge in [0.15, 0.2) is 5.96 Å². The topological polar surface area (TPSA) is 733 Å². The van der Waals surface area contributed by atoms with Crippen molar-refractivity contribution in [1.29, 1.82) is 5.41 Å². The van der Waals surface area contributed by atoms with E-state index >= 15 is 24.0 Å². The molecular formula is C93H140N28O20. The predicted octanol–water partition coefficient (Wildman–Crippen LogP) is -2.55. The zero-order valence-electron chi connectivity index (χ0n) is 79.9. The van der Waals surface area contributed by atoms with E-state index in [0.29, 0.717) is 24.0 Å². The van der Waals surface area contributed by atoms with Crippen LogP contribution >= 0.6 is 0 Å². The van der Waals surface area contributed by atoms with Crippen molar-refractivity contribution in [2.75, 3.05) is 65.8 Å². The summed E-state index contributed by atoms with van der Waals surface area (Å²) in [6.07, 6.45) is 19.2. The lowest BCUT2D eigenvalue weighted by molar-refractivity contribution is -0.143. The molecule has 6 aromatic rings. The van der Waals surface area contributed by atoms with Gasteiger partial charge in [-0.2, -0.15) is 0 Å². The molecule has 141 heavy (non-hydrogen) atoms. The number of tetrazole rings is 1. The van der Waals surface area contributed by atoms with Crippen LogP contribution in [0.5, 0.6) is 0 Å². The minimum absolute atomic E-state index is 0.0134. The fourth-order valence-corrected chi connectivity index (χ4v) is 16.2. The zero-order valence-corrected chi connectivity index (χ0v) is 79.9. The number of imidazole rings is 2. The first kappa shape index (κ1) is 112. The summed E-state index contributed by atoms with van der Waals surface area (Å²) < 4.78 is 10.9. The molecule has 8 rings (SSSR count). The maximum atomic E-state index is 15.5. The second-order valence-corrected chi connectivity index (χ2v) is 35.2. The Morgan fingerprint density at radius 1 is 0.574 bits per heavy atom. The number of aryl methyl sites for hydroxylation is 1. The summed E-state index contributed by atoms with van der Waals surface area (Å²) in [6.45, 7) is -0.389. The van der Waals surface area contributed by atoms with E-state index in [9.17, 15) is 63.0 Å². The molecule has 48 nitrogen and oxygen atoms in total. The largest absolute Gasteiger partial charge is 0.394 e. The third kappa shape index (κ3) is 41.6. The first-order valence-electron chi connectivity index (χ1n) is 48.5. The van der Waals surface area contributed by atoms with Crippen LogP contribution in [0.2, 0.25) is 0 Å². The number of aromatic nitrogens is 9. The van der Waals surface area contributed by atoms with Crippen LogP contribution in [-0.2, 0) is 118 Å². The molecule has 0 spiro atoms. The molecule has 2 aliphatic rings. The second-order valence-electron chi connectivity index (χ2n) is 35.2. The molecule has 772 valence electrons. The molecule has 0 saturated carbocycles. The van der Waals surface area contributed by atoms with Crippen molar-refractivity contribution in [3.63, 3.8) is 0 Å². The number of rotatable bonds is 57. The Morgan fingerprint density at radius 2 is 1.17 bits per heavy atom. The fraction of sp³-hybridized carbons (Fsp3) is 0.591. The number of amides is 16. The van der Waals surface area contributed by atoms with Gasteiger partial charge in [-0.3, -0.25) is 82.1 Å². The molecule has 0 radical (unpaired) electrons. The number of nitrogens with two attached hydrogens (primary N) is 3. The van der Waals surface area contributed by atoms with E-state index in [0.717, 1.165) is 60.2 Å². The highest BCUT2D eigenvalue weighted by atomic mass is 16.5. The van der Waals surface area contributed by atoms with E-state index in [2.05, 4.69) is 120 Å². The molecule has 4 aromatic heterocycles. The molecule has 2 fully saturated rings. The first-order chi connectivity index (χ1) is 68.0. The van der Waals surface area contributed by atoms with E-state index in [1.165, 1.54) is 76.4 Å². The van der Waals surface area contributed by atoms with Gasteiger partial charge in [0.1, 0.15) is 78.9 Å². The summed E-state index contributed by atoms with van der Waals surface area (Å²) in [6, 6.07) is -1.77. The van der Waals surface area contributed by atoms with Gasteiger partial charge >= 0.3 is 0 Å². The van der Waals surface area contributed by atoms with E-state index in [1.54, 1.807) is 55.6 Å². The normalized spacial score (nSPS) is 18.5. The number of hydrogen-bond donors (Lipinski definition) is 24. The quantitative estimate of drug-likeness (QED) is 0.0106. The zero-order chi connectivity index (χ0) is 102. The van der Waals surface area contributed by atoms with E-state index in [-0.39, 0.29) is 127 Å². The number of carbonyl (C=O) groups is 16. The molecule has 12 atom stereocenters. The number of unbranched alkanes of at least 4 members (excludes halogenated alkanes) is 13. The van der Waals surface area contributed by atoms with Gasteiger partial charge in [0, 0.05) is 113 Å². The van der Waals surface area contributed by atoms with Gasteiger partial charge in [0.2, 0.25) is 94.5 Å². The van der Waals surface area contributed by atoms with E-state index < -0.39 is 226 Å². The number of aliphatic hydroxyl groups excluding tert-OH is 2. The maximum absolute atomic E-state index is 15.5. The number of aromatic amines is 4. The Morgan fingerprint density at radius 3 is 1.80 bits per heavy atom. The number of hydrogen-bond acceptors (Lipinski definition) is 26. The molecule has 27 N–H and O–H groups in total. The molecule has 6 heterocycles. The van der Waals surface area contributed by atoms with Gasteiger partial charge in [-0.1, -0.05) is 139 Å². The van der Waals surface area contributed by atoms with Crippen LogP contribution in [0.1, 0.15) is 209 Å². The van der Waals surface area contributed by atoms with Gasteiger partial charge < -0.3 is 131 Å². The van der Waals surface area contributed by atoms with Crippen LogP contribution in [0.25, 0.3) is 10.9 Å². The second kappa shape index (κ2) is 62.2. The number of guanidine groups is 1. The molecule has 16 amide bonds. The number of H-pyrrole nitrogens is 4. The highest BCUT2D eigenvalue weighted by molar-refractivity contribution is 6.01. The highest BCUT2D eigenvalue weighted by Gasteiger charge is 2.44. The van der Waals surface area contributed by atoms with Crippen molar-refractivity contribution >= 4 is 111 Å². The maximum Gasteiger partial charge on any atom is 0.246 e. The van der Waals surface area contributed by atoms with Gasteiger partial charge in [-0.05, 0) is 91.8 Å². The van der Waals surface area contributed by atoms with E-state index in [4.69, 9.17) is 32.1 Å². The van der Waals surface area contributed by atoms with Crippen LogP contribution < -0.4 is 91.6 Å². The van der Waals surface area contributed by atoms with Crippen molar-refractivity contribution < 1.29 is 96.4 Å². The molecule has 48 heteroatoms. The van der Waals surface area contributed by atoms with Crippen molar-refractivity contribution in [1.82, 2.24) is 125 Å². The van der Waals surface area contributed by atoms with Crippen molar-refractivity contribution in [3.05, 3.63) is 114 Å². The first-order valence-corrected chi connectivity index (χ1v) is 48.5. The average Bonchev–Trinajstić information content (AvgIpc) is 1.68. The summed E-state index contributed by atoms with van der Waals surface area (Å²) in [5.41, 5.74) is 19.2. The van der Waals surface area contributed by atoms with Crippen LogP contribution in [-0.4, -0.2) is 299 Å². The third-order valence-corrected chi connectivity index (χ3v) is 24.0. The number of fused-ring (bicyclic) bond motifs is 2. The Labute approximate surface area is 816 Å². The smallest absolute Gasteiger partial charge is 0.246 e. The number of nitrogens with one attached hydrogen (secondary N) is 19. The van der Waals surface area contributed by atoms with Gasteiger partial charge in [-0.15, -0.1) is 5.10 Å². The van der Waals surface area contributed by atoms with E-state index in [1.807, 2.05) is 12.1 Å². The molecule has 2 saturated heterocycles. The lowest BCUT2D eigenvalue weighted by atomic mass is 10.0. The summed E-state index contributed by atoms with van der Waals surface area (Å²) in [7, 11) is 0. The van der Waals surface area contributed by atoms with Crippen molar-refractivity contribution in [2.45, 2.75) is 285 Å². The van der Waals surface area contributed by atoms with Gasteiger partial charge in [-0.25, -0.2) is 15.1 Å². The minimum atomic E-state index is -1.77.